The maximum absolute atomic E-state index is 10.3. The lowest BCUT2D eigenvalue weighted by Crippen LogP contribution is -2.53. The number of methoxy groups -OCH3 is 1. The minimum absolute atomic E-state index is 0.0185. The molecule has 5 aliphatic carbocycles. The molecule has 6 unspecified atom stereocenters. The van der Waals surface area contributed by atoms with Gasteiger partial charge in [0.25, 0.3) is 0 Å². The van der Waals surface area contributed by atoms with Crippen LogP contribution in [0.25, 0.3) is 0 Å². The molecule has 2 heteroatoms. The van der Waals surface area contributed by atoms with Crippen molar-refractivity contribution in [3.05, 3.63) is 0 Å². The summed E-state index contributed by atoms with van der Waals surface area (Å²) >= 11 is 0. The monoisotopic (exact) mass is 458 g/mol. The molecule has 5 aliphatic rings. The van der Waals surface area contributed by atoms with E-state index in [1.165, 1.54) is 89.9 Å². The molecule has 2 nitrogen and oxygen atoms in total. The number of ether oxygens (including phenoxy) is 1. The number of fused-ring (bicyclic) bond motifs is 5. The van der Waals surface area contributed by atoms with Crippen molar-refractivity contribution in [1.29, 1.82) is 0 Å². The summed E-state index contributed by atoms with van der Waals surface area (Å²) in [6.45, 7) is 10.2. The Morgan fingerprint density at radius 1 is 0.758 bits per heavy atom. The Morgan fingerprint density at radius 3 is 2.18 bits per heavy atom. The van der Waals surface area contributed by atoms with Crippen LogP contribution in [-0.4, -0.2) is 23.9 Å². The number of rotatable bonds is 5. The predicted octanol–water partition coefficient (Wildman–Crippen LogP) is 8.16. The molecule has 5 fully saturated rings. The highest BCUT2D eigenvalue weighted by Gasteiger charge is 2.59. The van der Waals surface area contributed by atoms with E-state index in [0.29, 0.717) is 16.2 Å². The summed E-state index contributed by atoms with van der Waals surface area (Å²) in [6.07, 6.45) is 21.4. The van der Waals surface area contributed by atoms with E-state index < -0.39 is 0 Å². The molecule has 0 spiro atoms. The third-order valence-electron chi connectivity index (χ3n) is 13.0. The van der Waals surface area contributed by atoms with Crippen LogP contribution in [0.3, 0.4) is 0 Å². The Hall–Kier alpha value is -0.0800. The van der Waals surface area contributed by atoms with Crippen LogP contribution in [0.4, 0.5) is 0 Å². The van der Waals surface area contributed by atoms with Crippen molar-refractivity contribution >= 4 is 0 Å². The van der Waals surface area contributed by atoms with Gasteiger partial charge in [-0.05, 0) is 142 Å². The SMILES string of the molecule is COC1(CCC[C@H]2CCC3C4CCC5C[C@@H](O)CCC5(C)C4CCC32C)CCC(C)(C)CC1. The van der Waals surface area contributed by atoms with Gasteiger partial charge >= 0.3 is 0 Å². The van der Waals surface area contributed by atoms with Gasteiger partial charge in [0.2, 0.25) is 0 Å². The molecular formula is C31H54O2. The fraction of sp³-hybridized carbons (Fsp3) is 1.00. The van der Waals surface area contributed by atoms with Crippen LogP contribution in [0.5, 0.6) is 0 Å². The van der Waals surface area contributed by atoms with Gasteiger partial charge in [-0.25, -0.2) is 0 Å². The average Bonchev–Trinajstić information content (AvgIpc) is 3.12. The third-order valence-corrected chi connectivity index (χ3v) is 13.0. The first-order valence-corrected chi connectivity index (χ1v) is 14.8. The lowest BCUT2D eigenvalue weighted by Gasteiger charge is -2.61. The second-order valence-electron chi connectivity index (χ2n) is 14.8. The van der Waals surface area contributed by atoms with Crippen molar-refractivity contribution < 1.29 is 9.84 Å². The zero-order chi connectivity index (χ0) is 23.5. The Bertz CT molecular complexity index is 689. The lowest BCUT2D eigenvalue weighted by molar-refractivity contribution is -0.127. The molecule has 190 valence electrons. The smallest absolute Gasteiger partial charge is 0.0679 e. The van der Waals surface area contributed by atoms with Gasteiger partial charge in [-0.1, -0.05) is 34.1 Å². The van der Waals surface area contributed by atoms with Crippen molar-refractivity contribution in [2.45, 2.75) is 142 Å². The molecule has 5 rings (SSSR count). The van der Waals surface area contributed by atoms with Gasteiger partial charge in [0.05, 0.1) is 11.7 Å². The van der Waals surface area contributed by atoms with Crippen LogP contribution < -0.4 is 0 Å². The molecule has 0 aromatic rings. The Labute approximate surface area is 205 Å². The zero-order valence-electron chi connectivity index (χ0n) is 22.6. The largest absolute Gasteiger partial charge is 0.393 e. The summed E-state index contributed by atoms with van der Waals surface area (Å²) in [4.78, 5) is 0. The number of aliphatic hydroxyl groups excluding tert-OH is 1. The Morgan fingerprint density at radius 2 is 1.45 bits per heavy atom. The van der Waals surface area contributed by atoms with Gasteiger partial charge in [-0.3, -0.25) is 0 Å². The van der Waals surface area contributed by atoms with Gasteiger partial charge in [-0.15, -0.1) is 0 Å². The molecule has 0 bridgehead atoms. The molecule has 0 heterocycles. The van der Waals surface area contributed by atoms with Gasteiger partial charge in [0.15, 0.2) is 0 Å². The second-order valence-corrected chi connectivity index (χ2v) is 14.8. The molecule has 0 aliphatic heterocycles. The van der Waals surface area contributed by atoms with Crippen molar-refractivity contribution in [2.75, 3.05) is 7.11 Å². The normalized spacial score (nSPS) is 48.5. The molecule has 0 aromatic carbocycles. The molecule has 1 N–H and O–H groups in total. The summed E-state index contributed by atoms with van der Waals surface area (Å²) in [5.41, 5.74) is 1.79. The molecule has 0 aromatic heterocycles. The van der Waals surface area contributed by atoms with Crippen LogP contribution in [0.1, 0.15) is 130 Å². The summed E-state index contributed by atoms with van der Waals surface area (Å²) in [7, 11) is 1.98. The Balaban J connectivity index is 1.21. The van der Waals surface area contributed by atoms with Gasteiger partial charge < -0.3 is 9.84 Å². The van der Waals surface area contributed by atoms with E-state index in [9.17, 15) is 5.11 Å². The molecule has 0 amide bonds. The van der Waals surface area contributed by atoms with E-state index in [2.05, 4.69) is 27.7 Å². The van der Waals surface area contributed by atoms with Crippen molar-refractivity contribution in [1.82, 2.24) is 0 Å². The molecule has 8 atom stereocenters. The topological polar surface area (TPSA) is 29.5 Å². The third kappa shape index (κ3) is 4.26. The van der Waals surface area contributed by atoms with Gasteiger partial charge in [0, 0.05) is 7.11 Å². The summed E-state index contributed by atoms with van der Waals surface area (Å²) in [6, 6.07) is 0. The van der Waals surface area contributed by atoms with Crippen LogP contribution in [0.15, 0.2) is 0 Å². The highest BCUT2D eigenvalue weighted by atomic mass is 16.5. The average molecular weight is 459 g/mol. The zero-order valence-corrected chi connectivity index (χ0v) is 22.6. The lowest BCUT2D eigenvalue weighted by atomic mass is 9.44. The summed E-state index contributed by atoms with van der Waals surface area (Å²) in [5, 5.41) is 10.3. The molecule has 5 saturated carbocycles. The molecule has 0 radical (unpaired) electrons. The summed E-state index contributed by atoms with van der Waals surface area (Å²) in [5.74, 6) is 4.60. The van der Waals surface area contributed by atoms with E-state index in [1.54, 1.807) is 0 Å². The van der Waals surface area contributed by atoms with Crippen LogP contribution in [-0.2, 0) is 4.74 Å². The van der Waals surface area contributed by atoms with Crippen LogP contribution in [0.2, 0.25) is 0 Å². The van der Waals surface area contributed by atoms with Crippen molar-refractivity contribution in [2.24, 2.45) is 45.8 Å². The Kier molecular flexibility index (Phi) is 6.55. The maximum atomic E-state index is 10.3. The predicted molar refractivity (Wildman–Crippen MR) is 137 cm³/mol. The van der Waals surface area contributed by atoms with Gasteiger partial charge in [0.1, 0.15) is 0 Å². The minimum Gasteiger partial charge on any atom is -0.393 e. The molecular weight excluding hydrogens is 404 g/mol. The fourth-order valence-electron chi connectivity index (χ4n) is 10.4. The number of hydrogen-bond acceptors (Lipinski definition) is 2. The quantitative estimate of drug-likeness (QED) is 0.450. The van der Waals surface area contributed by atoms with Crippen LogP contribution >= 0.6 is 0 Å². The summed E-state index contributed by atoms with van der Waals surface area (Å²) < 4.78 is 6.19. The van der Waals surface area contributed by atoms with E-state index in [1.807, 2.05) is 7.11 Å². The number of aliphatic hydroxyl groups is 1. The highest BCUT2D eigenvalue weighted by Crippen LogP contribution is 2.68. The first-order valence-electron chi connectivity index (χ1n) is 14.8. The van der Waals surface area contributed by atoms with E-state index in [-0.39, 0.29) is 11.7 Å². The first kappa shape index (κ1) is 24.6. The van der Waals surface area contributed by atoms with Crippen molar-refractivity contribution in [3.8, 4) is 0 Å². The maximum Gasteiger partial charge on any atom is 0.0679 e. The van der Waals surface area contributed by atoms with E-state index in [0.717, 1.165) is 42.4 Å². The minimum atomic E-state index is -0.0185. The highest BCUT2D eigenvalue weighted by molar-refractivity contribution is 5.09. The van der Waals surface area contributed by atoms with E-state index in [4.69, 9.17) is 4.74 Å². The van der Waals surface area contributed by atoms with Gasteiger partial charge in [-0.2, -0.15) is 0 Å². The first-order chi connectivity index (χ1) is 15.6. The molecule has 0 saturated heterocycles. The number of hydrogen-bond donors (Lipinski definition) is 1. The van der Waals surface area contributed by atoms with E-state index >= 15 is 0 Å². The standard InChI is InChI=1S/C31H54O2/c1-28(2)17-19-31(33-5,20-18-28)14-6-7-22-9-11-26-25-10-8-23-21-24(32)12-15-30(23,4)27(25)13-16-29(22,26)3/h22-27,32H,6-21H2,1-5H3/t22-,23?,24-,25?,26?,27?,29?,30?/m0/s1. The van der Waals surface area contributed by atoms with Crippen molar-refractivity contribution in [3.63, 3.8) is 0 Å². The van der Waals surface area contributed by atoms with Crippen LogP contribution in [0, 0.1) is 45.8 Å². The fourth-order valence-corrected chi connectivity index (χ4v) is 10.4. The molecule has 33 heavy (non-hydrogen) atoms. The second kappa shape index (κ2) is 8.79.